The number of hydrogen-bond acceptors (Lipinski definition) is 4. The molecule has 0 spiro atoms. The second-order valence-corrected chi connectivity index (χ2v) is 4.41. The van der Waals surface area contributed by atoms with Crippen LogP contribution in [0.1, 0.15) is 6.92 Å². The quantitative estimate of drug-likeness (QED) is 0.810. The molecule has 20 heavy (non-hydrogen) atoms. The summed E-state index contributed by atoms with van der Waals surface area (Å²) in [6.07, 6.45) is 1.35. The van der Waals surface area contributed by atoms with Gasteiger partial charge in [0.2, 0.25) is 0 Å². The van der Waals surface area contributed by atoms with Crippen molar-refractivity contribution < 1.29 is 9.53 Å². The molecule has 104 valence electrons. The highest BCUT2D eigenvalue weighted by atomic mass is 35.5. The van der Waals surface area contributed by atoms with Gasteiger partial charge in [0.1, 0.15) is 6.54 Å². The van der Waals surface area contributed by atoms with Crippen LogP contribution in [0.4, 0.5) is 0 Å². The molecule has 5 nitrogen and oxygen atoms in total. The number of hydrogen-bond donors (Lipinski definition) is 0. The van der Waals surface area contributed by atoms with Crippen molar-refractivity contribution in [3.63, 3.8) is 0 Å². The summed E-state index contributed by atoms with van der Waals surface area (Å²) in [5.74, 6) is -0.511. The van der Waals surface area contributed by atoms with E-state index in [1.54, 1.807) is 31.2 Å². The normalized spacial score (nSPS) is 10.3. The van der Waals surface area contributed by atoms with Gasteiger partial charge in [-0.25, -0.2) is 4.68 Å². The Kier molecular flexibility index (Phi) is 4.53. The van der Waals surface area contributed by atoms with Gasteiger partial charge in [0.05, 0.1) is 23.4 Å². The number of aromatic nitrogens is 2. The van der Waals surface area contributed by atoms with Gasteiger partial charge >= 0.3 is 5.97 Å². The number of halogens is 1. The molecule has 0 N–H and O–H groups in total. The van der Waals surface area contributed by atoms with Crippen LogP contribution >= 0.6 is 11.6 Å². The lowest BCUT2D eigenvalue weighted by molar-refractivity contribution is -0.144. The van der Waals surface area contributed by atoms with Gasteiger partial charge in [0, 0.05) is 0 Å². The number of benzene rings is 1. The first kappa shape index (κ1) is 14.3. The fourth-order valence-electron chi connectivity index (χ4n) is 1.78. The lowest BCUT2D eigenvalue weighted by Gasteiger charge is -2.08. The fraction of sp³-hybridized carbons (Fsp3) is 0.214. The minimum Gasteiger partial charge on any atom is -0.465 e. The van der Waals surface area contributed by atoms with E-state index >= 15 is 0 Å². The molecule has 0 bridgehead atoms. The molecule has 2 rings (SSSR count). The van der Waals surface area contributed by atoms with Gasteiger partial charge in [-0.05, 0) is 12.5 Å². The third kappa shape index (κ3) is 3.05. The van der Waals surface area contributed by atoms with Crippen LogP contribution in [-0.4, -0.2) is 22.4 Å². The molecule has 0 unspecified atom stereocenters. The molecule has 0 saturated carbocycles. The zero-order valence-corrected chi connectivity index (χ0v) is 11.6. The number of esters is 1. The molecule has 1 heterocycles. The molecule has 0 aliphatic rings. The first-order valence-electron chi connectivity index (χ1n) is 6.10. The van der Waals surface area contributed by atoms with Crippen molar-refractivity contribution in [1.82, 2.24) is 9.78 Å². The summed E-state index contributed by atoms with van der Waals surface area (Å²) in [7, 11) is 0. The van der Waals surface area contributed by atoms with Crippen LogP contribution in [0.3, 0.4) is 0 Å². The van der Waals surface area contributed by atoms with E-state index in [9.17, 15) is 9.59 Å². The predicted octanol–water partition coefficient (Wildman–Crippen LogP) is 2.13. The summed E-state index contributed by atoms with van der Waals surface area (Å²) in [5.41, 5.74) is 0.589. The van der Waals surface area contributed by atoms with Crippen LogP contribution in [0, 0.1) is 0 Å². The zero-order valence-electron chi connectivity index (χ0n) is 10.9. The monoisotopic (exact) mass is 292 g/mol. The Morgan fingerprint density at radius 1 is 1.35 bits per heavy atom. The van der Waals surface area contributed by atoms with Gasteiger partial charge in [-0.3, -0.25) is 9.59 Å². The predicted molar refractivity (Wildman–Crippen MR) is 75.6 cm³/mol. The summed E-state index contributed by atoms with van der Waals surface area (Å²) >= 11 is 6.04. The third-order valence-electron chi connectivity index (χ3n) is 2.64. The molecule has 1 aromatic carbocycles. The second kappa shape index (κ2) is 6.34. The minimum atomic E-state index is -0.511. The van der Waals surface area contributed by atoms with Gasteiger partial charge in [-0.15, -0.1) is 0 Å². The number of ether oxygens (including phenoxy) is 1. The fourth-order valence-corrected chi connectivity index (χ4v) is 2.01. The standard InChI is InChI=1S/C14H13ClN2O3/c1-2-20-12(18)9-17-14(19)13(11(15)8-16-17)10-6-4-3-5-7-10/h3-8H,2,9H2,1H3. The summed E-state index contributed by atoms with van der Waals surface area (Å²) in [4.78, 5) is 23.8. The van der Waals surface area contributed by atoms with Gasteiger partial charge in [-0.2, -0.15) is 5.10 Å². The number of rotatable bonds is 4. The van der Waals surface area contributed by atoms with Crippen LogP contribution < -0.4 is 5.56 Å². The van der Waals surface area contributed by atoms with Crippen molar-refractivity contribution in [2.75, 3.05) is 6.61 Å². The summed E-state index contributed by atoms with van der Waals surface area (Å²) in [5, 5.41) is 4.11. The molecular weight excluding hydrogens is 280 g/mol. The van der Waals surface area contributed by atoms with E-state index in [-0.39, 0.29) is 18.2 Å². The Morgan fingerprint density at radius 2 is 2.05 bits per heavy atom. The van der Waals surface area contributed by atoms with Crippen molar-refractivity contribution in [2.45, 2.75) is 13.5 Å². The zero-order chi connectivity index (χ0) is 14.5. The molecule has 0 atom stereocenters. The SMILES string of the molecule is CCOC(=O)Cn1ncc(Cl)c(-c2ccccc2)c1=O. The molecular formula is C14H13ClN2O3. The molecule has 0 aliphatic heterocycles. The molecule has 0 aliphatic carbocycles. The highest BCUT2D eigenvalue weighted by molar-refractivity contribution is 6.33. The van der Waals surface area contributed by atoms with E-state index in [2.05, 4.69) is 5.10 Å². The van der Waals surface area contributed by atoms with E-state index in [1.807, 2.05) is 6.07 Å². The average Bonchev–Trinajstić information content (AvgIpc) is 2.44. The van der Waals surface area contributed by atoms with Gasteiger partial charge in [0.25, 0.3) is 5.56 Å². The van der Waals surface area contributed by atoms with Crippen LogP contribution in [-0.2, 0) is 16.1 Å². The molecule has 0 radical (unpaired) electrons. The Bertz CT molecular complexity index is 668. The molecule has 2 aromatic rings. The van der Waals surface area contributed by atoms with E-state index in [1.165, 1.54) is 6.20 Å². The second-order valence-electron chi connectivity index (χ2n) is 4.00. The Balaban J connectivity index is 2.44. The van der Waals surface area contributed by atoms with E-state index < -0.39 is 11.5 Å². The van der Waals surface area contributed by atoms with Gasteiger partial charge in [0.15, 0.2) is 0 Å². The summed E-state index contributed by atoms with van der Waals surface area (Å²) < 4.78 is 5.85. The van der Waals surface area contributed by atoms with E-state index in [0.717, 1.165) is 4.68 Å². The van der Waals surface area contributed by atoms with Crippen molar-refractivity contribution in [3.8, 4) is 11.1 Å². The van der Waals surface area contributed by atoms with Crippen LogP contribution in [0.5, 0.6) is 0 Å². The highest BCUT2D eigenvalue weighted by Gasteiger charge is 2.14. The first-order chi connectivity index (χ1) is 9.63. The maximum atomic E-state index is 12.3. The number of carbonyl (C=O) groups is 1. The van der Waals surface area contributed by atoms with Crippen molar-refractivity contribution >= 4 is 17.6 Å². The Morgan fingerprint density at radius 3 is 2.70 bits per heavy atom. The molecule has 1 aromatic heterocycles. The van der Waals surface area contributed by atoms with Crippen molar-refractivity contribution in [1.29, 1.82) is 0 Å². The van der Waals surface area contributed by atoms with Crippen LogP contribution in [0.2, 0.25) is 5.02 Å². The topological polar surface area (TPSA) is 61.2 Å². The molecule has 0 saturated heterocycles. The van der Waals surface area contributed by atoms with Crippen molar-refractivity contribution in [3.05, 3.63) is 51.9 Å². The smallest absolute Gasteiger partial charge is 0.327 e. The number of carbonyl (C=O) groups excluding carboxylic acids is 1. The van der Waals surface area contributed by atoms with Gasteiger partial charge < -0.3 is 4.74 Å². The lowest BCUT2D eigenvalue weighted by atomic mass is 10.1. The average molecular weight is 293 g/mol. The maximum absolute atomic E-state index is 12.3. The third-order valence-corrected chi connectivity index (χ3v) is 2.93. The summed E-state index contributed by atoms with van der Waals surface area (Å²) in [6.45, 7) is 1.72. The first-order valence-corrected chi connectivity index (χ1v) is 6.48. The Labute approximate surface area is 120 Å². The largest absolute Gasteiger partial charge is 0.465 e. The summed E-state index contributed by atoms with van der Waals surface area (Å²) in [6, 6.07) is 9.01. The lowest BCUT2D eigenvalue weighted by Crippen LogP contribution is -2.28. The highest BCUT2D eigenvalue weighted by Crippen LogP contribution is 2.22. The molecule has 0 amide bonds. The van der Waals surface area contributed by atoms with E-state index in [0.29, 0.717) is 11.1 Å². The van der Waals surface area contributed by atoms with E-state index in [4.69, 9.17) is 16.3 Å². The Hall–Kier alpha value is -2.14. The maximum Gasteiger partial charge on any atom is 0.327 e. The number of nitrogens with zero attached hydrogens (tertiary/aromatic N) is 2. The van der Waals surface area contributed by atoms with Crippen LogP contribution in [0.15, 0.2) is 41.3 Å². The molecule has 6 heteroatoms. The molecule has 0 fully saturated rings. The van der Waals surface area contributed by atoms with Crippen LogP contribution in [0.25, 0.3) is 11.1 Å². The minimum absolute atomic E-state index is 0.232. The van der Waals surface area contributed by atoms with Gasteiger partial charge in [-0.1, -0.05) is 41.9 Å². The van der Waals surface area contributed by atoms with Crippen molar-refractivity contribution in [2.24, 2.45) is 0 Å².